The first-order valence-electron chi connectivity index (χ1n) is 10.4. The van der Waals surface area contributed by atoms with Crippen LogP contribution in [-0.2, 0) is 23.7 Å². The van der Waals surface area contributed by atoms with E-state index in [1.807, 2.05) is 17.8 Å². The van der Waals surface area contributed by atoms with Crippen LogP contribution in [0.4, 0.5) is 0 Å². The van der Waals surface area contributed by atoms with Crippen molar-refractivity contribution in [2.75, 3.05) is 39.3 Å². The van der Waals surface area contributed by atoms with Crippen LogP contribution in [0.3, 0.4) is 0 Å². The van der Waals surface area contributed by atoms with Gasteiger partial charge in [-0.1, -0.05) is 30.3 Å². The molecule has 6 nitrogen and oxygen atoms in total. The number of aromatic nitrogens is 2. The zero-order valence-electron chi connectivity index (χ0n) is 16.6. The average molecular weight is 380 g/mol. The van der Waals surface area contributed by atoms with Gasteiger partial charge in [-0.3, -0.25) is 9.48 Å². The number of hydrogen-bond donors (Lipinski definition) is 1. The molecule has 4 bridgehead atoms. The van der Waals surface area contributed by atoms with Gasteiger partial charge in [0.2, 0.25) is 5.91 Å². The molecule has 1 aromatic heterocycles. The maximum Gasteiger partial charge on any atom is 0.220 e. The topological polar surface area (TPSA) is 53.4 Å². The number of carbonyl (C=O) groups excluding carboxylic acids is 1. The molecule has 6 rings (SSSR count). The maximum absolute atomic E-state index is 12.9. The van der Waals surface area contributed by atoms with Crippen LogP contribution in [0.2, 0.25) is 0 Å². The number of benzene rings is 1. The van der Waals surface area contributed by atoms with Gasteiger partial charge in [0, 0.05) is 82.0 Å². The fraction of sp³-hybridized carbons (Fsp3) is 0.545. The van der Waals surface area contributed by atoms with Gasteiger partial charge in [-0.05, 0) is 18.1 Å². The zero-order valence-corrected chi connectivity index (χ0v) is 16.6. The molecular weight excluding hydrogens is 350 g/mol. The Kier molecular flexibility index (Phi) is 4.48. The third-order valence-corrected chi connectivity index (χ3v) is 6.99. The van der Waals surface area contributed by atoms with Gasteiger partial charge in [0.25, 0.3) is 0 Å². The van der Waals surface area contributed by atoms with Crippen LogP contribution in [0.1, 0.15) is 17.7 Å². The summed E-state index contributed by atoms with van der Waals surface area (Å²) in [5.74, 6) is 0.656. The molecule has 0 radical (unpaired) electrons. The molecule has 1 N–H and O–H groups in total. The highest BCUT2D eigenvalue weighted by atomic mass is 16.1. The van der Waals surface area contributed by atoms with E-state index in [0.29, 0.717) is 12.3 Å². The van der Waals surface area contributed by atoms with Gasteiger partial charge in [-0.15, -0.1) is 0 Å². The van der Waals surface area contributed by atoms with Crippen molar-refractivity contribution in [1.82, 2.24) is 24.9 Å². The Labute approximate surface area is 166 Å². The summed E-state index contributed by atoms with van der Waals surface area (Å²) in [4.78, 5) is 18.2. The Morgan fingerprint density at radius 2 is 1.86 bits per heavy atom. The van der Waals surface area contributed by atoms with E-state index in [0.717, 1.165) is 51.4 Å². The molecule has 6 heteroatoms. The van der Waals surface area contributed by atoms with Gasteiger partial charge in [0.15, 0.2) is 0 Å². The highest BCUT2D eigenvalue weighted by Gasteiger charge is 2.55. The summed E-state index contributed by atoms with van der Waals surface area (Å²) in [6.07, 6.45) is 3.04. The number of fused-ring (bicyclic) bond motifs is 1. The Hall–Kier alpha value is -2.18. The quantitative estimate of drug-likeness (QED) is 0.843. The van der Waals surface area contributed by atoms with E-state index in [2.05, 4.69) is 50.5 Å². The number of hydrogen-bond acceptors (Lipinski definition) is 4. The summed E-state index contributed by atoms with van der Waals surface area (Å²) in [5.41, 5.74) is 2.46. The van der Waals surface area contributed by atoms with Crippen molar-refractivity contribution < 1.29 is 4.79 Å². The Morgan fingerprint density at radius 1 is 1.14 bits per heavy atom. The molecular formula is C22H29N5O. The van der Waals surface area contributed by atoms with Gasteiger partial charge in [0.05, 0.1) is 0 Å². The maximum atomic E-state index is 12.9. The number of amides is 1. The second kappa shape index (κ2) is 7.01. The van der Waals surface area contributed by atoms with E-state index in [4.69, 9.17) is 0 Å². The molecule has 5 heterocycles. The van der Waals surface area contributed by atoms with Gasteiger partial charge < -0.3 is 15.1 Å². The minimum atomic E-state index is -0.0128. The molecule has 4 fully saturated rings. The summed E-state index contributed by atoms with van der Waals surface area (Å²) < 4.78 is 1.85. The summed E-state index contributed by atoms with van der Waals surface area (Å²) >= 11 is 0. The van der Waals surface area contributed by atoms with Crippen molar-refractivity contribution in [2.24, 2.45) is 13.0 Å². The first-order valence-corrected chi connectivity index (χ1v) is 10.4. The van der Waals surface area contributed by atoms with Gasteiger partial charge in [0.1, 0.15) is 0 Å². The predicted octanol–water partition coefficient (Wildman–Crippen LogP) is 1.04. The van der Waals surface area contributed by atoms with E-state index in [-0.39, 0.29) is 17.4 Å². The highest BCUT2D eigenvalue weighted by Crippen LogP contribution is 2.43. The smallest absolute Gasteiger partial charge is 0.220 e. The third kappa shape index (κ3) is 3.05. The molecule has 28 heavy (non-hydrogen) atoms. The van der Waals surface area contributed by atoms with E-state index in [9.17, 15) is 4.79 Å². The third-order valence-electron chi connectivity index (χ3n) is 6.99. The number of nitrogens with one attached hydrogen (secondary N) is 1. The summed E-state index contributed by atoms with van der Waals surface area (Å²) in [6.45, 7) is 6.56. The highest BCUT2D eigenvalue weighted by molar-refractivity contribution is 5.77. The van der Waals surface area contributed by atoms with E-state index in [1.165, 1.54) is 5.56 Å². The van der Waals surface area contributed by atoms with Gasteiger partial charge in [-0.2, -0.15) is 5.10 Å². The van der Waals surface area contributed by atoms with Gasteiger partial charge in [-0.25, -0.2) is 0 Å². The van der Waals surface area contributed by atoms with E-state index >= 15 is 0 Å². The van der Waals surface area contributed by atoms with E-state index < -0.39 is 0 Å². The van der Waals surface area contributed by atoms with Crippen molar-refractivity contribution >= 4 is 5.91 Å². The lowest BCUT2D eigenvalue weighted by atomic mass is 9.64. The molecule has 0 aliphatic carbocycles. The molecule has 1 aromatic carbocycles. The van der Waals surface area contributed by atoms with Crippen molar-refractivity contribution in [2.45, 2.75) is 24.3 Å². The van der Waals surface area contributed by atoms with Crippen LogP contribution in [0, 0.1) is 5.92 Å². The lowest BCUT2D eigenvalue weighted by Crippen LogP contribution is -2.70. The minimum absolute atomic E-state index is 0.0128. The molecule has 0 saturated carbocycles. The normalized spacial score (nSPS) is 33.6. The number of piperidine rings is 2. The lowest BCUT2D eigenvalue weighted by Gasteiger charge is -2.55. The molecule has 2 aromatic rings. The fourth-order valence-electron chi connectivity index (χ4n) is 5.70. The SMILES string of the molecule is Cn1nccc1CCC(=O)N[C@@H]1C2CN3CCN(C2)CC1(c1ccccc1)C3. The van der Waals surface area contributed by atoms with Crippen molar-refractivity contribution in [3.8, 4) is 0 Å². The number of rotatable bonds is 5. The monoisotopic (exact) mass is 379 g/mol. The molecule has 1 amide bonds. The van der Waals surface area contributed by atoms with Crippen LogP contribution in [0.5, 0.6) is 0 Å². The number of carbonyl (C=O) groups is 1. The number of aryl methyl sites for hydroxylation is 2. The molecule has 4 aliphatic heterocycles. The Bertz CT molecular complexity index is 832. The predicted molar refractivity (Wildman–Crippen MR) is 108 cm³/mol. The largest absolute Gasteiger partial charge is 0.352 e. The molecule has 2 unspecified atom stereocenters. The van der Waals surface area contributed by atoms with Crippen molar-refractivity contribution in [3.05, 3.63) is 53.9 Å². The first-order chi connectivity index (χ1) is 13.6. The molecule has 0 spiro atoms. The Balaban J connectivity index is 1.39. The van der Waals surface area contributed by atoms with E-state index in [1.54, 1.807) is 6.20 Å². The lowest BCUT2D eigenvalue weighted by molar-refractivity contribution is -0.124. The fourth-order valence-corrected chi connectivity index (χ4v) is 5.70. The van der Waals surface area contributed by atoms with Crippen molar-refractivity contribution in [1.29, 1.82) is 0 Å². The minimum Gasteiger partial charge on any atom is -0.352 e. The summed E-state index contributed by atoms with van der Waals surface area (Å²) in [6, 6.07) is 13.1. The molecule has 4 saturated heterocycles. The van der Waals surface area contributed by atoms with Gasteiger partial charge >= 0.3 is 0 Å². The summed E-state index contributed by atoms with van der Waals surface area (Å²) in [5, 5.41) is 7.69. The van der Waals surface area contributed by atoms with Crippen LogP contribution in [0.25, 0.3) is 0 Å². The van der Waals surface area contributed by atoms with Crippen LogP contribution >= 0.6 is 0 Å². The standard InChI is InChI=1S/C22H29N5O/c1-25-19(9-10-23-25)7-8-20(28)24-21-17-13-26-11-12-27(14-17)16-22(21,15-26)18-5-3-2-4-6-18/h2-6,9-10,17,21H,7-8,11-16H2,1H3,(H,24,28)/t17?,21-,22?/m1/s1. The van der Waals surface area contributed by atoms with Crippen LogP contribution in [-0.4, -0.2) is 70.8 Å². The second-order valence-electron chi connectivity index (χ2n) is 8.74. The first kappa shape index (κ1) is 17.9. The summed E-state index contributed by atoms with van der Waals surface area (Å²) in [7, 11) is 1.93. The molecule has 3 atom stereocenters. The van der Waals surface area contributed by atoms with Crippen LogP contribution in [0.15, 0.2) is 42.6 Å². The van der Waals surface area contributed by atoms with Crippen molar-refractivity contribution in [3.63, 3.8) is 0 Å². The Morgan fingerprint density at radius 3 is 2.50 bits per heavy atom. The molecule has 148 valence electrons. The second-order valence-corrected chi connectivity index (χ2v) is 8.74. The zero-order chi connectivity index (χ0) is 19.1. The van der Waals surface area contributed by atoms with Crippen LogP contribution < -0.4 is 5.32 Å². The number of nitrogens with zero attached hydrogens (tertiary/aromatic N) is 4. The average Bonchev–Trinajstić information content (AvgIpc) is 2.94. The molecule has 4 aliphatic rings.